The Labute approximate surface area is 123 Å². The summed E-state index contributed by atoms with van der Waals surface area (Å²) >= 11 is 0. The van der Waals surface area contributed by atoms with Crippen molar-refractivity contribution < 1.29 is 14.7 Å². The van der Waals surface area contributed by atoms with E-state index in [2.05, 4.69) is 27.7 Å². The predicted molar refractivity (Wildman–Crippen MR) is 83.8 cm³/mol. The van der Waals surface area contributed by atoms with E-state index in [0.29, 0.717) is 18.3 Å². The lowest BCUT2D eigenvalue weighted by Crippen LogP contribution is -2.15. The van der Waals surface area contributed by atoms with Gasteiger partial charge in [-0.2, -0.15) is 0 Å². The SMILES string of the molecule is C=O.CC(C)(C)C.CCC(Cc1ccccc1)C(=O)O. The van der Waals surface area contributed by atoms with Crippen molar-refractivity contribution in [2.75, 3.05) is 0 Å². The lowest BCUT2D eigenvalue weighted by Gasteiger charge is -2.08. The lowest BCUT2D eigenvalue weighted by molar-refractivity contribution is -0.141. The van der Waals surface area contributed by atoms with E-state index in [-0.39, 0.29) is 5.92 Å². The molecule has 1 aromatic rings. The van der Waals surface area contributed by atoms with Crippen LogP contribution >= 0.6 is 0 Å². The number of rotatable bonds is 4. The molecule has 0 radical (unpaired) electrons. The third kappa shape index (κ3) is 14.4. The summed E-state index contributed by atoms with van der Waals surface area (Å²) in [5.74, 6) is -0.950. The Morgan fingerprint density at radius 2 is 1.55 bits per heavy atom. The van der Waals surface area contributed by atoms with Gasteiger partial charge in [-0.3, -0.25) is 4.79 Å². The van der Waals surface area contributed by atoms with Crippen molar-refractivity contribution in [3.63, 3.8) is 0 Å². The third-order valence-corrected chi connectivity index (χ3v) is 2.17. The van der Waals surface area contributed by atoms with Gasteiger partial charge in [-0.25, -0.2) is 0 Å². The van der Waals surface area contributed by atoms with E-state index in [1.54, 1.807) is 0 Å². The van der Waals surface area contributed by atoms with E-state index in [9.17, 15) is 4.79 Å². The van der Waals surface area contributed by atoms with E-state index in [4.69, 9.17) is 9.90 Å². The van der Waals surface area contributed by atoms with Crippen LogP contribution in [0.4, 0.5) is 0 Å². The highest BCUT2D eigenvalue weighted by atomic mass is 16.4. The molecule has 0 aromatic heterocycles. The van der Waals surface area contributed by atoms with E-state index in [1.165, 1.54) is 0 Å². The molecule has 1 atom stereocenters. The second kappa shape index (κ2) is 11.2. The molecule has 0 heterocycles. The molecule has 1 N–H and O–H groups in total. The summed E-state index contributed by atoms with van der Waals surface area (Å²) in [5.41, 5.74) is 1.59. The van der Waals surface area contributed by atoms with E-state index >= 15 is 0 Å². The van der Waals surface area contributed by atoms with Crippen LogP contribution in [0.25, 0.3) is 0 Å². The molecule has 114 valence electrons. The molecule has 0 spiro atoms. The first-order valence-electron chi connectivity index (χ1n) is 6.79. The van der Waals surface area contributed by atoms with Crippen LogP contribution in [0, 0.1) is 11.3 Å². The quantitative estimate of drug-likeness (QED) is 0.899. The Kier molecular flexibility index (Phi) is 11.6. The van der Waals surface area contributed by atoms with Crippen LogP contribution in [0.15, 0.2) is 30.3 Å². The molecule has 0 fully saturated rings. The highest BCUT2D eigenvalue weighted by Crippen LogP contribution is 2.11. The summed E-state index contributed by atoms with van der Waals surface area (Å²) in [6, 6.07) is 9.73. The molecule has 1 aromatic carbocycles. The number of hydrogen-bond donors (Lipinski definition) is 1. The molecule has 0 aliphatic heterocycles. The molecule has 1 rings (SSSR count). The minimum atomic E-state index is -0.702. The minimum absolute atomic E-state index is 0.248. The highest BCUT2D eigenvalue weighted by Gasteiger charge is 2.14. The summed E-state index contributed by atoms with van der Waals surface area (Å²) in [6.07, 6.45) is 1.32. The van der Waals surface area contributed by atoms with Crippen molar-refractivity contribution in [1.82, 2.24) is 0 Å². The standard InChI is InChI=1S/C11H14O2.C5H12.CH2O/c1-2-10(11(12)13)8-9-6-4-3-5-7-9;1-5(2,3)4;1-2/h3-7,10H,2,8H2,1H3,(H,12,13);1-4H3;1H2. The molecule has 0 aliphatic rings. The Morgan fingerprint density at radius 3 is 1.85 bits per heavy atom. The molecule has 0 bridgehead atoms. The smallest absolute Gasteiger partial charge is 0.306 e. The fourth-order valence-electron chi connectivity index (χ4n) is 1.30. The molecule has 0 aliphatic carbocycles. The molecule has 3 heteroatoms. The van der Waals surface area contributed by atoms with Crippen molar-refractivity contribution in [3.8, 4) is 0 Å². The topological polar surface area (TPSA) is 54.4 Å². The first-order valence-corrected chi connectivity index (χ1v) is 6.79. The van der Waals surface area contributed by atoms with Crippen molar-refractivity contribution in [3.05, 3.63) is 35.9 Å². The van der Waals surface area contributed by atoms with Gasteiger partial charge >= 0.3 is 5.97 Å². The average molecular weight is 280 g/mol. The van der Waals surface area contributed by atoms with Gasteiger partial charge in [0.1, 0.15) is 6.79 Å². The molecular formula is C17H28O3. The predicted octanol–water partition coefficient (Wildman–Crippen LogP) is 4.21. The Hall–Kier alpha value is -1.64. The fraction of sp³-hybridized carbons (Fsp3) is 0.529. The van der Waals surface area contributed by atoms with Crippen molar-refractivity contribution in [2.45, 2.75) is 47.5 Å². The second-order valence-corrected chi connectivity index (χ2v) is 6.13. The van der Waals surface area contributed by atoms with Gasteiger partial charge in [0.25, 0.3) is 0 Å². The molecule has 0 amide bonds. The maximum atomic E-state index is 10.7. The maximum Gasteiger partial charge on any atom is 0.306 e. The average Bonchev–Trinajstić information content (AvgIpc) is 2.37. The molecule has 3 nitrogen and oxygen atoms in total. The monoisotopic (exact) mass is 280 g/mol. The van der Waals surface area contributed by atoms with Gasteiger partial charge in [0.05, 0.1) is 5.92 Å². The first kappa shape index (κ1) is 20.7. The third-order valence-electron chi connectivity index (χ3n) is 2.17. The zero-order valence-electron chi connectivity index (χ0n) is 13.3. The zero-order valence-corrected chi connectivity index (χ0v) is 13.3. The van der Waals surface area contributed by atoms with Crippen molar-refractivity contribution >= 4 is 12.8 Å². The number of hydrogen-bond acceptors (Lipinski definition) is 2. The number of carbonyl (C=O) groups excluding carboxylic acids is 1. The van der Waals surface area contributed by atoms with E-state index in [1.807, 2.05) is 44.0 Å². The van der Waals surface area contributed by atoms with Gasteiger partial charge in [0, 0.05) is 0 Å². The number of aliphatic carboxylic acids is 1. The largest absolute Gasteiger partial charge is 0.481 e. The van der Waals surface area contributed by atoms with Gasteiger partial charge < -0.3 is 9.90 Å². The van der Waals surface area contributed by atoms with Crippen LogP contribution in [0.1, 0.15) is 46.6 Å². The highest BCUT2D eigenvalue weighted by molar-refractivity contribution is 5.70. The van der Waals surface area contributed by atoms with Crippen LogP contribution in [0.5, 0.6) is 0 Å². The van der Waals surface area contributed by atoms with Gasteiger partial charge in [0.2, 0.25) is 0 Å². The van der Waals surface area contributed by atoms with Gasteiger partial charge in [-0.05, 0) is 23.8 Å². The van der Waals surface area contributed by atoms with Gasteiger partial charge in [-0.1, -0.05) is 65.0 Å². The Bertz CT molecular complexity index is 346. The lowest BCUT2D eigenvalue weighted by atomic mass is 9.97. The first-order chi connectivity index (χ1) is 9.24. The fourth-order valence-corrected chi connectivity index (χ4v) is 1.30. The van der Waals surface area contributed by atoms with Gasteiger partial charge in [-0.15, -0.1) is 0 Å². The minimum Gasteiger partial charge on any atom is -0.481 e. The summed E-state index contributed by atoms with van der Waals surface area (Å²) in [5, 5.41) is 8.83. The summed E-state index contributed by atoms with van der Waals surface area (Å²) in [6.45, 7) is 12.7. The van der Waals surface area contributed by atoms with Crippen LogP contribution in [0.2, 0.25) is 0 Å². The summed E-state index contributed by atoms with van der Waals surface area (Å²) in [4.78, 5) is 18.7. The molecule has 1 unspecified atom stereocenters. The van der Waals surface area contributed by atoms with Crippen molar-refractivity contribution in [1.29, 1.82) is 0 Å². The van der Waals surface area contributed by atoms with E-state index in [0.717, 1.165) is 5.56 Å². The number of carbonyl (C=O) groups is 2. The van der Waals surface area contributed by atoms with E-state index < -0.39 is 5.97 Å². The second-order valence-electron chi connectivity index (χ2n) is 6.13. The Morgan fingerprint density at radius 1 is 1.15 bits per heavy atom. The number of carboxylic acid groups (broad SMARTS) is 1. The molecule has 20 heavy (non-hydrogen) atoms. The number of carboxylic acids is 1. The maximum absolute atomic E-state index is 10.7. The number of benzene rings is 1. The van der Waals surface area contributed by atoms with Gasteiger partial charge in [0.15, 0.2) is 0 Å². The summed E-state index contributed by atoms with van der Waals surface area (Å²) < 4.78 is 0. The van der Waals surface area contributed by atoms with Crippen LogP contribution < -0.4 is 0 Å². The summed E-state index contributed by atoms with van der Waals surface area (Å²) in [7, 11) is 0. The molecule has 0 saturated heterocycles. The molecular weight excluding hydrogens is 252 g/mol. The van der Waals surface area contributed by atoms with Crippen LogP contribution in [0.3, 0.4) is 0 Å². The van der Waals surface area contributed by atoms with Crippen molar-refractivity contribution in [2.24, 2.45) is 11.3 Å². The Balaban J connectivity index is 0. The normalized spacial score (nSPS) is 11.2. The molecule has 0 saturated carbocycles. The van der Waals surface area contributed by atoms with Crippen LogP contribution in [-0.2, 0) is 16.0 Å². The zero-order chi connectivity index (χ0) is 16.2. The van der Waals surface area contributed by atoms with Crippen LogP contribution in [-0.4, -0.2) is 17.9 Å².